The largest absolute Gasteiger partial charge is 0.465 e. The van der Waals surface area contributed by atoms with Crippen LogP contribution in [0.25, 0.3) is 0 Å². The number of carbonyl (C=O) groups is 6. The summed E-state index contributed by atoms with van der Waals surface area (Å²) in [5, 5.41) is 0. The van der Waals surface area contributed by atoms with Crippen molar-refractivity contribution < 1.29 is 71.4 Å². The molecule has 3 aliphatic carbocycles. The number of rotatable bonds is 42. The van der Waals surface area contributed by atoms with Gasteiger partial charge in [-0.25, -0.2) is 0 Å². The number of hydrogen-bond acceptors (Lipinski definition) is 15. The molecule has 7 unspecified atom stereocenters. The normalized spacial score (nSPS) is 20.9. The summed E-state index contributed by atoms with van der Waals surface area (Å²) >= 11 is 0. The summed E-state index contributed by atoms with van der Waals surface area (Å²) in [5.74, 6) is -0.913. The molecule has 15 nitrogen and oxygen atoms in total. The molecule has 0 radical (unpaired) electrons. The number of unbranched alkanes of at least 4 members (excludes halogenated alkanes) is 6. The Kier molecular flexibility index (Phi) is 47.8. The fraction of sp³-hybridized carbons (Fsp3) is 0.909. The molecule has 15 heteroatoms. The molecule has 81 heavy (non-hydrogen) atoms. The highest BCUT2D eigenvalue weighted by Gasteiger charge is 2.38. The first-order valence-corrected chi connectivity index (χ1v) is 33.1. The van der Waals surface area contributed by atoms with E-state index >= 15 is 0 Å². The van der Waals surface area contributed by atoms with Crippen LogP contribution < -0.4 is 0 Å². The lowest BCUT2D eigenvalue weighted by atomic mass is 9.79. The van der Waals surface area contributed by atoms with Gasteiger partial charge in [-0.05, 0) is 114 Å². The highest BCUT2D eigenvalue weighted by Crippen LogP contribution is 2.34. The van der Waals surface area contributed by atoms with E-state index in [0.717, 1.165) is 148 Å². The molecule has 0 aromatic rings. The Hall–Kier alpha value is -3.30. The van der Waals surface area contributed by atoms with Gasteiger partial charge in [0.15, 0.2) is 0 Å². The van der Waals surface area contributed by atoms with Crippen molar-refractivity contribution in [1.82, 2.24) is 0 Å². The molecule has 3 rings (SSSR count). The van der Waals surface area contributed by atoms with Crippen LogP contribution in [-0.2, 0) is 71.4 Å². The summed E-state index contributed by atoms with van der Waals surface area (Å²) in [6, 6.07) is 0. The molecule has 0 spiro atoms. The van der Waals surface area contributed by atoms with Crippen molar-refractivity contribution in [2.24, 2.45) is 53.3 Å². The van der Waals surface area contributed by atoms with Gasteiger partial charge in [0.25, 0.3) is 0 Å². The predicted molar refractivity (Wildman–Crippen MR) is 319 cm³/mol. The third-order valence-corrected chi connectivity index (χ3v) is 16.5. The molecular formula is C66H120O15. The van der Waals surface area contributed by atoms with E-state index in [1.54, 1.807) is 0 Å². The minimum Gasteiger partial charge on any atom is -0.465 e. The number of hydrogen-bond donors (Lipinski definition) is 0. The molecule has 0 bridgehead atoms. The monoisotopic (exact) mass is 1150 g/mol. The van der Waals surface area contributed by atoms with Crippen molar-refractivity contribution in [3.8, 4) is 0 Å². The minimum atomic E-state index is -0.363. The standard InChI is InChI=1S/3C22H40O5/c1-4-7-11-18(6-3)17-27-22(24)20-13-10-9-12-19(20)21(23)26-16-15-25-14-8-5-2;1-4-7-10-18(6-3)17-27-22(24)20-12-9-11-19(16-20)21(23)26-15-14-25-13-8-5-2;1-4-7-9-18(6-3)17-27-22(24)20-12-10-19(11-13-20)21(23)26-16-15-25-14-8-5-2/h3*18-20H,4-17H2,1-3H3. The topological polar surface area (TPSA) is 185 Å². The first kappa shape index (κ1) is 75.7. The molecule has 0 heterocycles. The van der Waals surface area contributed by atoms with Gasteiger partial charge >= 0.3 is 35.8 Å². The van der Waals surface area contributed by atoms with Crippen molar-refractivity contribution in [3.63, 3.8) is 0 Å². The van der Waals surface area contributed by atoms with E-state index in [9.17, 15) is 28.8 Å². The molecule has 3 saturated carbocycles. The van der Waals surface area contributed by atoms with Crippen LogP contribution in [0, 0.1) is 53.3 Å². The van der Waals surface area contributed by atoms with E-state index in [4.69, 9.17) is 42.6 Å². The van der Waals surface area contributed by atoms with Crippen LogP contribution in [0.4, 0.5) is 0 Å². The van der Waals surface area contributed by atoms with Gasteiger partial charge in [-0.15, -0.1) is 0 Å². The molecule has 0 amide bonds. The van der Waals surface area contributed by atoms with Gasteiger partial charge in [-0.2, -0.15) is 0 Å². The van der Waals surface area contributed by atoms with Crippen molar-refractivity contribution in [2.75, 3.05) is 79.3 Å². The summed E-state index contributed by atoms with van der Waals surface area (Å²) in [4.78, 5) is 74.2. The molecule has 0 N–H and O–H groups in total. The van der Waals surface area contributed by atoms with Gasteiger partial charge in [0.2, 0.25) is 0 Å². The zero-order chi connectivity index (χ0) is 59.7. The van der Waals surface area contributed by atoms with Crippen LogP contribution in [0.2, 0.25) is 0 Å². The van der Waals surface area contributed by atoms with Gasteiger partial charge in [0.05, 0.1) is 75.1 Å². The van der Waals surface area contributed by atoms with Crippen molar-refractivity contribution in [2.45, 2.75) is 255 Å². The molecule has 3 aliphatic rings. The molecule has 7 atom stereocenters. The van der Waals surface area contributed by atoms with E-state index < -0.39 is 0 Å². The molecule has 0 aromatic carbocycles. The van der Waals surface area contributed by atoms with Gasteiger partial charge < -0.3 is 42.6 Å². The molecule has 3 fully saturated rings. The molecule has 0 aliphatic heterocycles. The first-order valence-electron chi connectivity index (χ1n) is 33.1. The number of carbonyl (C=O) groups excluding carboxylic acids is 6. The molecule has 0 saturated heterocycles. The lowest BCUT2D eigenvalue weighted by Crippen LogP contribution is -2.36. The quantitative estimate of drug-likeness (QED) is 0.0319. The van der Waals surface area contributed by atoms with Gasteiger partial charge in [-0.1, -0.05) is 159 Å². The zero-order valence-corrected chi connectivity index (χ0v) is 53.0. The van der Waals surface area contributed by atoms with E-state index in [-0.39, 0.29) is 77.9 Å². The maximum absolute atomic E-state index is 12.6. The van der Waals surface area contributed by atoms with Gasteiger partial charge in [-0.3, -0.25) is 28.8 Å². The smallest absolute Gasteiger partial charge is 0.309 e. The lowest BCUT2D eigenvalue weighted by Gasteiger charge is -2.28. The Morgan fingerprint density at radius 3 is 0.951 bits per heavy atom. The molecule has 474 valence electrons. The maximum Gasteiger partial charge on any atom is 0.309 e. The van der Waals surface area contributed by atoms with Crippen LogP contribution in [0.5, 0.6) is 0 Å². The van der Waals surface area contributed by atoms with Crippen LogP contribution in [0.3, 0.4) is 0 Å². The Bertz CT molecular complexity index is 1580. The van der Waals surface area contributed by atoms with Crippen LogP contribution >= 0.6 is 0 Å². The second-order valence-corrected chi connectivity index (χ2v) is 23.1. The molecule has 0 aromatic heterocycles. The third-order valence-electron chi connectivity index (χ3n) is 16.5. The lowest BCUT2D eigenvalue weighted by molar-refractivity contribution is -0.164. The summed E-state index contributed by atoms with van der Waals surface area (Å²) in [7, 11) is 0. The maximum atomic E-state index is 12.6. The summed E-state index contributed by atoms with van der Waals surface area (Å²) < 4.78 is 49.0. The Morgan fingerprint density at radius 2 is 0.605 bits per heavy atom. The van der Waals surface area contributed by atoms with Gasteiger partial charge in [0.1, 0.15) is 19.8 Å². The average molecular weight is 1150 g/mol. The number of esters is 6. The Balaban J connectivity index is 0.000000607. The predicted octanol–water partition coefficient (Wildman–Crippen LogP) is 14.7. The average Bonchev–Trinajstić information content (AvgIpc) is 3.50. The summed E-state index contributed by atoms with van der Waals surface area (Å²) in [6.07, 6.45) is 29.1. The second kappa shape index (κ2) is 51.1. The van der Waals surface area contributed by atoms with Crippen molar-refractivity contribution >= 4 is 35.8 Å². The summed E-state index contributed by atoms with van der Waals surface area (Å²) in [6.45, 7) is 25.2. The van der Waals surface area contributed by atoms with E-state index in [1.807, 2.05) is 0 Å². The van der Waals surface area contributed by atoms with E-state index in [2.05, 4.69) is 62.3 Å². The Labute approximate surface area is 492 Å². The molecular weight excluding hydrogens is 1030 g/mol. The van der Waals surface area contributed by atoms with E-state index in [0.29, 0.717) is 110 Å². The first-order chi connectivity index (χ1) is 39.4. The van der Waals surface area contributed by atoms with Crippen molar-refractivity contribution in [3.05, 3.63) is 0 Å². The zero-order valence-electron chi connectivity index (χ0n) is 53.0. The SMILES string of the molecule is CCCCOCCOC(=O)C1CCC(C(=O)OCC(CC)CCCC)CC1.CCCCOCCOC(=O)C1CCCC(C(=O)OCC(CC)CCCC)C1.CCCCOCCOC(=O)C1CCCCC1C(=O)OCC(CC)CCCC. The van der Waals surface area contributed by atoms with Gasteiger partial charge in [0, 0.05) is 19.8 Å². The van der Waals surface area contributed by atoms with Crippen LogP contribution in [0.1, 0.15) is 255 Å². The number of ether oxygens (including phenoxy) is 9. The third kappa shape index (κ3) is 36.2. The fourth-order valence-corrected chi connectivity index (χ4v) is 10.5. The van der Waals surface area contributed by atoms with Crippen LogP contribution in [-0.4, -0.2) is 115 Å². The summed E-state index contributed by atoms with van der Waals surface area (Å²) in [5.41, 5.74) is 0. The minimum absolute atomic E-state index is 0.0601. The van der Waals surface area contributed by atoms with Crippen molar-refractivity contribution in [1.29, 1.82) is 0 Å². The highest BCUT2D eigenvalue weighted by atomic mass is 16.6. The highest BCUT2D eigenvalue weighted by molar-refractivity contribution is 5.82. The van der Waals surface area contributed by atoms with E-state index in [1.165, 1.54) is 25.7 Å². The Morgan fingerprint density at radius 1 is 0.309 bits per heavy atom. The second-order valence-electron chi connectivity index (χ2n) is 23.1. The van der Waals surface area contributed by atoms with Crippen LogP contribution in [0.15, 0.2) is 0 Å². The fourth-order valence-electron chi connectivity index (χ4n) is 10.5.